The van der Waals surface area contributed by atoms with Crippen molar-refractivity contribution in [3.63, 3.8) is 0 Å². The van der Waals surface area contributed by atoms with Gasteiger partial charge in [0.25, 0.3) is 5.91 Å². The Kier molecular flexibility index (Phi) is 6.87. The molecule has 0 radical (unpaired) electrons. The number of carbonyl (C=O) groups excluding carboxylic acids is 1. The smallest absolute Gasteiger partial charge is 0.255 e. The van der Waals surface area contributed by atoms with Crippen LogP contribution in [0.1, 0.15) is 23.7 Å². The molecule has 0 fully saturated rings. The third-order valence-corrected chi connectivity index (χ3v) is 5.01. The van der Waals surface area contributed by atoms with E-state index in [9.17, 15) is 4.79 Å². The molecule has 27 heavy (non-hydrogen) atoms. The predicted octanol–water partition coefficient (Wildman–Crippen LogP) is 5.66. The summed E-state index contributed by atoms with van der Waals surface area (Å²) in [6.07, 6.45) is 2.79. The Bertz CT molecular complexity index is 901. The average molecular weight is 398 g/mol. The Hall–Kier alpha value is -2.34. The number of nitrogens with zero attached hydrogens (tertiary/aromatic N) is 1. The second-order valence-corrected chi connectivity index (χ2v) is 7.26. The number of nitrogens with one attached hydrogen (secondary N) is 2. The molecule has 0 saturated carbocycles. The molecule has 3 rings (SSSR count). The van der Waals surface area contributed by atoms with Crippen LogP contribution in [-0.4, -0.2) is 17.4 Å². The van der Waals surface area contributed by atoms with Crippen molar-refractivity contribution in [2.75, 3.05) is 11.9 Å². The molecular formula is C21H20ClN3OS. The molecule has 138 valence electrons. The first-order valence-electron chi connectivity index (χ1n) is 8.69. The number of halogens is 1. The van der Waals surface area contributed by atoms with E-state index in [2.05, 4.69) is 21.9 Å². The van der Waals surface area contributed by atoms with Gasteiger partial charge in [0.05, 0.1) is 10.7 Å². The van der Waals surface area contributed by atoms with Crippen LogP contribution in [0.25, 0.3) is 11.3 Å². The van der Waals surface area contributed by atoms with Gasteiger partial charge in [-0.15, -0.1) is 0 Å². The number of pyridine rings is 1. The summed E-state index contributed by atoms with van der Waals surface area (Å²) >= 11 is 7.86. The molecule has 0 aliphatic heterocycles. The van der Waals surface area contributed by atoms with Gasteiger partial charge in [-0.25, -0.2) is 0 Å². The van der Waals surface area contributed by atoms with E-state index in [4.69, 9.17) is 11.6 Å². The molecule has 2 N–H and O–H groups in total. The fraction of sp³-hybridized carbons (Fsp3) is 0.143. The van der Waals surface area contributed by atoms with Crippen molar-refractivity contribution < 1.29 is 4.79 Å². The number of hydrogen-bond acceptors (Lipinski definition) is 4. The van der Waals surface area contributed by atoms with Crippen LogP contribution in [0.15, 0.2) is 71.8 Å². The average Bonchev–Trinajstić information content (AvgIpc) is 2.71. The van der Waals surface area contributed by atoms with Gasteiger partial charge >= 0.3 is 0 Å². The molecule has 0 saturated heterocycles. The lowest BCUT2D eigenvalue weighted by Crippen LogP contribution is -2.12. The van der Waals surface area contributed by atoms with Crippen LogP contribution in [0.3, 0.4) is 0 Å². The number of amides is 1. The summed E-state index contributed by atoms with van der Waals surface area (Å²) < 4.78 is 3.26. The maximum Gasteiger partial charge on any atom is 0.255 e. The van der Waals surface area contributed by atoms with E-state index in [0.717, 1.165) is 29.1 Å². The number of aromatic nitrogens is 1. The van der Waals surface area contributed by atoms with E-state index in [-0.39, 0.29) is 5.91 Å². The quantitative estimate of drug-likeness (QED) is 0.399. The summed E-state index contributed by atoms with van der Waals surface area (Å²) in [4.78, 5) is 17.9. The third-order valence-electron chi connectivity index (χ3n) is 3.82. The van der Waals surface area contributed by atoms with Crippen LogP contribution < -0.4 is 10.0 Å². The van der Waals surface area contributed by atoms with Crippen molar-refractivity contribution >= 4 is 35.1 Å². The Morgan fingerprint density at radius 1 is 1.11 bits per heavy atom. The van der Waals surface area contributed by atoms with Crippen molar-refractivity contribution in [3.8, 4) is 11.3 Å². The van der Waals surface area contributed by atoms with Gasteiger partial charge in [-0.3, -0.25) is 14.5 Å². The fourth-order valence-electron chi connectivity index (χ4n) is 2.44. The second-order valence-electron chi connectivity index (χ2n) is 5.88. The highest BCUT2D eigenvalue weighted by Crippen LogP contribution is 2.29. The number of carbonyl (C=O) groups is 1. The van der Waals surface area contributed by atoms with E-state index in [1.807, 2.05) is 48.5 Å². The highest BCUT2D eigenvalue weighted by Gasteiger charge is 2.10. The zero-order valence-corrected chi connectivity index (χ0v) is 16.5. The predicted molar refractivity (Wildman–Crippen MR) is 113 cm³/mol. The summed E-state index contributed by atoms with van der Waals surface area (Å²) in [5.41, 5.74) is 2.82. The van der Waals surface area contributed by atoms with E-state index < -0.39 is 0 Å². The number of benzene rings is 2. The first-order valence-corrected chi connectivity index (χ1v) is 9.89. The van der Waals surface area contributed by atoms with Crippen molar-refractivity contribution in [3.05, 3.63) is 77.4 Å². The molecule has 0 aliphatic rings. The number of hydrogen-bond donors (Lipinski definition) is 2. The van der Waals surface area contributed by atoms with Crippen LogP contribution in [-0.2, 0) is 0 Å². The molecule has 1 heterocycles. The molecular weight excluding hydrogens is 378 g/mol. The lowest BCUT2D eigenvalue weighted by Gasteiger charge is -2.10. The molecule has 2 aromatic carbocycles. The summed E-state index contributed by atoms with van der Waals surface area (Å²) in [5.74, 6) is -0.164. The second kappa shape index (κ2) is 9.55. The monoisotopic (exact) mass is 397 g/mol. The van der Waals surface area contributed by atoms with Gasteiger partial charge in [-0.1, -0.05) is 24.6 Å². The Morgan fingerprint density at radius 3 is 2.63 bits per heavy atom. The Labute approximate surface area is 168 Å². The Morgan fingerprint density at radius 2 is 1.93 bits per heavy atom. The number of rotatable bonds is 7. The van der Waals surface area contributed by atoms with Crippen LogP contribution in [0.2, 0.25) is 5.02 Å². The molecule has 0 spiro atoms. The lowest BCUT2D eigenvalue weighted by atomic mass is 10.1. The van der Waals surface area contributed by atoms with Crippen LogP contribution in [0.4, 0.5) is 5.69 Å². The maximum absolute atomic E-state index is 12.5. The standard InChI is InChI=1S/C21H20ClN3OS/c1-2-12-24-27-17-9-6-15(7-10-17)21(26)25-16-8-11-19(22)18(14-16)20-5-3-4-13-23-20/h3-11,13-14,24H,2,12H2,1H3,(H,25,26). The molecule has 3 aromatic rings. The minimum Gasteiger partial charge on any atom is -0.322 e. The van der Waals surface area contributed by atoms with Crippen molar-refractivity contribution in [1.82, 2.24) is 9.71 Å². The SMILES string of the molecule is CCCNSc1ccc(C(=O)Nc2ccc(Cl)c(-c3ccccn3)c2)cc1. The van der Waals surface area contributed by atoms with Gasteiger partial charge in [0.2, 0.25) is 0 Å². The molecule has 6 heteroatoms. The third kappa shape index (κ3) is 5.32. The van der Waals surface area contributed by atoms with Crippen molar-refractivity contribution in [2.24, 2.45) is 0 Å². The van der Waals surface area contributed by atoms with Crippen molar-refractivity contribution in [1.29, 1.82) is 0 Å². The highest BCUT2D eigenvalue weighted by atomic mass is 35.5. The molecule has 1 amide bonds. The zero-order chi connectivity index (χ0) is 19.1. The van der Waals surface area contributed by atoms with Crippen LogP contribution >= 0.6 is 23.5 Å². The van der Waals surface area contributed by atoms with Crippen LogP contribution in [0, 0.1) is 0 Å². The molecule has 0 bridgehead atoms. The number of anilines is 1. The summed E-state index contributed by atoms with van der Waals surface area (Å²) in [5, 5.41) is 3.51. The van der Waals surface area contributed by atoms with Gasteiger partial charge in [-0.05, 0) is 73.0 Å². The maximum atomic E-state index is 12.5. The van der Waals surface area contributed by atoms with Gasteiger partial charge in [0.1, 0.15) is 0 Å². The largest absolute Gasteiger partial charge is 0.322 e. The van der Waals surface area contributed by atoms with E-state index >= 15 is 0 Å². The van der Waals surface area contributed by atoms with Gasteiger partial charge in [-0.2, -0.15) is 0 Å². The topological polar surface area (TPSA) is 54.0 Å². The highest BCUT2D eigenvalue weighted by molar-refractivity contribution is 7.97. The van der Waals surface area contributed by atoms with Gasteiger partial charge in [0, 0.05) is 34.5 Å². The summed E-state index contributed by atoms with van der Waals surface area (Å²) in [6.45, 7) is 3.07. The van der Waals surface area contributed by atoms with Gasteiger partial charge < -0.3 is 5.32 Å². The van der Waals surface area contributed by atoms with Crippen LogP contribution in [0.5, 0.6) is 0 Å². The fourth-order valence-corrected chi connectivity index (χ4v) is 3.39. The van der Waals surface area contributed by atoms with E-state index in [1.165, 1.54) is 0 Å². The normalized spacial score (nSPS) is 10.6. The molecule has 0 aliphatic carbocycles. The summed E-state index contributed by atoms with van der Waals surface area (Å²) in [7, 11) is 0. The van der Waals surface area contributed by atoms with Crippen molar-refractivity contribution in [2.45, 2.75) is 18.2 Å². The molecule has 4 nitrogen and oxygen atoms in total. The Balaban J connectivity index is 1.71. The van der Waals surface area contributed by atoms with Gasteiger partial charge in [0.15, 0.2) is 0 Å². The minimum absolute atomic E-state index is 0.164. The lowest BCUT2D eigenvalue weighted by molar-refractivity contribution is 0.102. The summed E-state index contributed by atoms with van der Waals surface area (Å²) in [6, 6.07) is 18.5. The first kappa shape index (κ1) is 19.4. The van der Waals surface area contributed by atoms with E-state index in [1.54, 1.807) is 30.3 Å². The first-order chi connectivity index (χ1) is 13.2. The molecule has 1 aromatic heterocycles. The minimum atomic E-state index is -0.164. The molecule has 0 atom stereocenters. The molecule has 0 unspecified atom stereocenters. The van der Waals surface area contributed by atoms with E-state index in [0.29, 0.717) is 16.3 Å². The zero-order valence-electron chi connectivity index (χ0n) is 14.9.